The van der Waals surface area contributed by atoms with Gasteiger partial charge in [-0.2, -0.15) is 0 Å². The highest BCUT2D eigenvalue weighted by Crippen LogP contribution is 2.14. The number of hydrogen-bond acceptors (Lipinski definition) is 5. The standard InChI is InChI=1S/C15H12FN3O3/c1-21-15(20)11-4-7-13-14(8-11)19(18-17-13)22-9-10-2-5-12(16)6-3-10/h2-8H,9H2,1H3. The van der Waals surface area contributed by atoms with Gasteiger partial charge in [-0.3, -0.25) is 0 Å². The number of benzene rings is 2. The van der Waals surface area contributed by atoms with Gasteiger partial charge < -0.3 is 9.57 Å². The number of nitrogens with zero attached hydrogens (tertiary/aromatic N) is 3. The molecule has 1 aromatic heterocycles. The molecule has 1 heterocycles. The second-order valence-corrected chi connectivity index (χ2v) is 4.56. The molecule has 3 rings (SSSR count). The summed E-state index contributed by atoms with van der Waals surface area (Å²) < 4.78 is 17.5. The van der Waals surface area contributed by atoms with Crippen LogP contribution in [0.5, 0.6) is 0 Å². The summed E-state index contributed by atoms with van der Waals surface area (Å²) in [6.07, 6.45) is 0. The third kappa shape index (κ3) is 2.73. The van der Waals surface area contributed by atoms with Crippen molar-refractivity contribution in [2.24, 2.45) is 0 Å². The topological polar surface area (TPSA) is 66.2 Å². The van der Waals surface area contributed by atoms with Crippen LogP contribution in [0.4, 0.5) is 4.39 Å². The minimum atomic E-state index is -0.451. The van der Waals surface area contributed by atoms with E-state index in [0.29, 0.717) is 16.6 Å². The fourth-order valence-electron chi connectivity index (χ4n) is 1.95. The normalized spacial score (nSPS) is 10.6. The van der Waals surface area contributed by atoms with Gasteiger partial charge >= 0.3 is 5.97 Å². The summed E-state index contributed by atoms with van der Waals surface area (Å²) in [5.41, 5.74) is 2.30. The molecule has 0 aliphatic carbocycles. The van der Waals surface area contributed by atoms with E-state index in [1.165, 1.54) is 24.1 Å². The molecular weight excluding hydrogens is 289 g/mol. The fourth-order valence-corrected chi connectivity index (χ4v) is 1.95. The summed E-state index contributed by atoms with van der Waals surface area (Å²) in [6, 6.07) is 10.8. The van der Waals surface area contributed by atoms with Crippen LogP contribution in [0.2, 0.25) is 0 Å². The molecule has 0 saturated heterocycles. The molecule has 0 spiro atoms. The summed E-state index contributed by atoms with van der Waals surface area (Å²) in [6.45, 7) is 0.196. The lowest BCUT2D eigenvalue weighted by Gasteiger charge is -2.06. The molecule has 0 atom stereocenters. The van der Waals surface area contributed by atoms with Crippen molar-refractivity contribution in [1.82, 2.24) is 15.2 Å². The van der Waals surface area contributed by atoms with Gasteiger partial charge in [-0.1, -0.05) is 17.0 Å². The Labute approximate surface area is 125 Å². The minimum absolute atomic E-state index is 0.196. The largest absolute Gasteiger partial charge is 0.465 e. The van der Waals surface area contributed by atoms with Crippen molar-refractivity contribution in [1.29, 1.82) is 0 Å². The minimum Gasteiger partial charge on any atom is -0.465 e. The van der Waals surface area contributed by atoms with E-state index in [9.17, 15) is 9.18 Å². The SMILES string of the molecule is COC(=O)c1ccc2nnn(OCc3ccc(F)cc3)c2c1. The number of halogens is 1. The van der Waals surface area contributed by atoms with E-state index in [1.54, 1.807) is 30.3 Å². The van der Waals surface area contributed by atoms with Crippen molar-refractivity contribution in [2.75, 3.05) is 7.11 Å². The Bertz CT molecular complexity index is 815. The van der Waals surface area contributed by atoms with E-state index in [0.717, 1.165) is 5.56 Å². The zero-order chi connectivity index (χ0) is 15.5. The van der Waals surface area contributed by atoms with E-state index in [2.05, 4.69) is 15.0 Å². The molecule has 2 aromatic carbocycles. The molecule has 0 aliphatic heterocycles. The van der Waals surface area contributed by atoms with E-state index in [1.807, 2.05) is 0 Å². The van der Waals surface area contributed by atoms with Gasteiger partial charge in [0.2, 0.25) is 0 Å². The van der Waals surface area contributed by atoms with Crippen LogP contribution < -0.4 is 4.84 Å². The quantitative estimate of drug-likeness (QED) is 0.689. The molecule has 0 bridgehead atoms. The average molecular weight is 301 g/mol. The van der Waals surface area contributed by atoms with Crippen LogP contribution in [-0.4, -0.2) is 28.2 Å². The number of hydrogen-bond donors (Lipinski definition) is 0. The molecule has 22 heavy (non-hydrogen) atoms. The van der Waals surface area contributed by atoms with Gasteiger partial charge in [0.15, 0.2) is 0 Å². The molecule has 7 heteroatoms. The Morgan fingerprint density at radius 2 is 2.00 bits per heavy atom. The Hall–Kier alpha value is -2.96. The zero-order valence-electron chi connectivity index (χ0n) is 11.7. The Balaban J connectivity index is 1.84. The molecule has 0 amide bonds. The van der Waals surface area contributed by atoms with E-state index < -0.39 is 5.97 Å². The van der Waals surface area contributed by atoms with Crippen LogP contribution in [-0.2, 0) is 11.3 Å². The van der Waals surface area contributed by atoms with Gasteiger partial charge in [-0.25, -0.2) is 9.18 Å². The Morgan fingerprint density at radius 3 is 2.73 bits per heavy atom. The third-order valence-corrected chi connectivity index (χ3v) is 3.10. The summed E-state index contributed by atoms with van der Waals surface area (Å²) in [5, 5.41) is 7.82. The number of fused-ring (bicyclic) bond motifs is 1. The number of aromatic nitrogens is 3. The van der Waals surface area contributed by atoms with Crippen LogP contribution in [0.1, 0.15) is 15.9 Å². The van der Waals surface area contributed by atoms with Crippen molar-refractivity contribution < 1.29 is 18.8 Å². The molecule has 3 aromatic rings. The van der Waals surface area contributed by atoms with Crippen LogP contribution in [0, 0.1) is 5.82 Å². The van der Waals surface area contributed by atoms with Crippen molar-refractivity contribution in [3.63, 3.8) is 0 Å². The van der Waals surface area contributed by atoms with E-state index >= 15 is 0 Å². The zero-order valence-corrected chi connectivity index (χ0v) is 11.7. The lowest BCUT2D eigenvalue weighted by atomic mass is 10.2. The summed E-state index contributed by atoms with van der Waals surface area (Å²) in [5.74, 6) is -0.758. The third-order valence-electron chi connectivity index (χ3n) is 3.10. The highest BCUT2D eigenvalue weighted by molar-refractivity contribution is 5.93. The maximum Gasteiger partial charge on any atom is 0.337 e. The van der Waals surface area contributed by atoms with Gasteiger partial charge in [0.1, 0.15) is 23.5 Å². The van der Waals surface area contributed by atoms with Crippen LogP contribution >= 0.6 is 0 Å². The highest BCUT2D eigenvalue weighted by Gasteiger charge is 2.11. The highest BCUT2D eigenvalue weighted by atomic mass is 19.1. The predicted molar refractivity (Wildman–Crippen MR) is 75.6 cm³/mol. The number of methoxy groups -OCH3 is 1. The Kier molecular flexibility index (Phi) is 3.69. The summed E-state index contributed by atoms with van der Waals surface area (Å²) in [4.78, 5) is 18.3. The van der Waals surface area contributed by atoms with E-state index in [4.69, 9.17) is 4.84 Å². The summed E-state index contributed by atoms with van der Waals surface area (Å²) >= 11 is 0. The average Bonchev–Trinajstić information content (AvgIpc) is 2.96. The van der Waals surface area contributed by atoms with Gasteiger partial charge in [-0.05, 0) is 41.1 Å². The lowest BCUT2D eigenvalue weighted by molar-refractivity contribution is 0.0600. The number of esters is 1. The van der Waals surface area contributed by atoms with Crippen molar-refractivity contribution >= 4 is 17.0 Å². The molecule has 112 valence electrons. The fraction of sp³-hybridized carbons (Fsp3) is 0.133. The van der Waals surface area contributed by atoms with Gasteiger partial charge in [0.05, 0.1) is 12.7 Å². The molecule has 0 saturated carbocycles. The maximum absolute atomic E-state index is 12.9. The number of carbonyl (C=O) groups excluding carboxylic acids is 1. The monoisotopic (exact) mass is 301 g/mol. The molecule has 0 radical (unpaired) electrons. The number of rotatable bonds is 4. The molecule has 0 unspecified atom stereocenters. The van der Waals surface area contributed by atoms with Crippen molar-refractivity contribution in [3.8, 4) is 0 Å². The first kappa shape index (κ1) is 14.0. The second-order valence-electron chi connectivity index (χ2n) is 4.56. The molecule has 0 N–H and O–H groups in total. The van der Waals surface area contributed by atoms with Gasteiger partial charge in [-0.15, -0.1) is 5.10 Å². The predicted octanol–water partition coefficient (Wildman–Crippen LogP) is 1.99. The van der Waals surface area contributed by atoms with Crippen LogP contribution in [0.25, 0.3) is 11.0 Å². The van der Waals surface area contributed by atoms with Gasteiger partial charge in [0, 0.05) is 0 Å². The van der Waals surface area contributed by atoms with Gasteiger partial charge in [0.25, 0.3) is 0 Å². The second kappa shape index (κ2) is 5.80. The first-order valence-corrected chi connectivity index (χ1v) is 6.49. The molecule has 6 nitrogen and oxygen atoms in total. The number of carbonyl (C=O) groups is 1. The number of ether oxygens (including phenoxy) is 1. The van der Waals surface area contributed by atoms with Crippen molar-refractivity contribution in [3.05, 3.63) is 59.4 Å². The first-order chi connectivity index (χ1) is 10.7. The van der Waals surface area contributed by atoms with Crippen LogP contribution in [0.3, 0.4) is 0 Å². The lowest BCUT2D eigenvalue weighted by Crippen LogP contribution is -2.13. The molecule has 0 fully saturated rings. The maximum atomic E-state index is 12.9. The Morgan fingerprint density at radius 1 is 1.23 bits per heavy atom. The smallest absolute Gasteiger partial charge is 0.337 e. The van der Waals surface area contributed by atoms with E-state index in [-0.39, 0.29) is 12.4 Å². The summed E-state index contributed by atoms with van der Waals surface area (Å²) in [7, 11) is 1.31. The van der Waals surface area contributed by atoms with Crippen LogP contribution in [0.15, 0.2) is 42.5 Å². The first-order valence-electron chi connectivity index (χ1n) is 6.49. The molecule has 0 aliphatic rings. The molecular formula is C15H12FN3O3. The van der Waals surface area contributed by atoms with Crippen molar-refractivity contribution in [2.45, 2.75) is 6.61 Å².